The number of nitrogens with zero attached hydrogens (tertiary/aromatic N) is 4. The molecule has 25 heavy (non-hydrogen) atoms. The summed E-state index contributed by atoms with van der Waals surface area (Å²) in [5.41, 5.74) is 3.05. The van der Waals surface area contributed by atoms with Gasteiger partial charge in [-0.2, -0.15) is 0 Å². The highest BCUT2D eigenvalue weighted by Gasteiger charge is 2.26. The summed E-state index contributed by atoms with van der Waals surface area (Å²) >= 11 is 5.89. The van der Waals surface area contributed by atoms with Crippen LogP contribution < -0.4 is 4.90 Å². The molecule has 1 aromatic heterocycles. The van der Waals surface area contributed by atoms with Gasteiger partial charge in [-0.15, -0.1) is 0 Å². The standard InChI is InChI=1S/C18H19ClN4O2/c19-14-3-1-13(2-4-14)9-17(24)22-5-7-23(8-6-22)18-15-10-25-11-16(15)20-12-21-18/h1-4,12H,5-11H2. The molecule has 0 spiro atoms. The van der Waals surface area contributed by atoms with E-state index in [9.17, 15) is 4.79 Å². The number of carbonyl (C=O) groups excluding carboxylic acids is 1. The van der Waals surface area contributed by atoms with Crippen LogP contribution in [0.15, 0.2) is 30.6 Å². The van der Waals surface area contributed by atoms with Gasteiger partial charge in [0.2, 0.25) is 5.91 Å². The molecule has 0 radical (unpaired) electrons. The molecule has 2 aliphatic heterocycles. The van der Waals surface area contributed by atoms with Gasteiger partial charge in [0.1, 0.15) is 12.1 Å². The minimum absolute atomic E-state index is 0.151. The van der Waals surface area contributed by atoms with Gasteiger partial charge >= 0.3 is 0 Å². The number of halogens is 1. The van der Waals surface area contributed by atoms with Crippen molar-refractivity contribution < 1.29 is 9.53 Å². The van der Waals surface area contributed by atoms with E-state index in [1.54, 1.807) is 6.33 Å². The molecule has 0 saturated carbocycles. The van der Waals surface area contributed by atoms with Gasteiger partial charge in [-0.05, 0) is 17.7 Å². The van der Waals surface area contributed by atoms with E-state index in [0.717, 1.165) is 35.7 Å². The Kier molecular flexibility index (Phi) is 4.55. The molecule has 1 aromatic carbocycles. The van der Waals surface area contributed by atoms with E-state index < -0.39 is 0 Å². The third kappa shape index (κ3) is 3.45. The Balaban J connectivity index is 1.37. The average molecular weight is 359 g/mol. The SMILES string of the molecule is O=C(Cc1ccc(Cl)cc1)N1CCN(c2ncnc3c2COC3)CC1. The van der Waals surface area contributed by atoms with Crippen molar-refractivity contribution in [3.05, 3.63) is 52.4 Å². The second-order valence-electron chi connectivity index (χ2n) is 6.29. The summed E-state index contributed by atoms with van der Waals surface area (Å²) in [6.45, 7) is 4.08. The number of piperazine rings is 1. The maximum Gasteiger partial charge on any atom is 0.227 e. The number of anilines is 1. The van der Waals surface area contributed by atoms with Gasteiger partial charge < -0.3 is 14.5 Å². The van der Waals surface area contributed by atoms with Crippen LogP contribution in [0.25, 0.3) is 0 Å². The average Bonchev–Trinajstić information content (AvgIpc) is 3.12. The molecule has 0 bridgehead atoms. The quantitative estimate of drug-likeness (QED) is 0.840. The fraction of sp³-hybridized carbons (Fsp3) is 0.389. The number of carbonyl (C=O) groups is 1. The van der Waals surface area contributed by atoms with Crippen molar-refractivity contribution in [1.82, 2.24) is 14.9 Å². The minimum atomic E-state index is 0.151. The Labute approximate surface area is 151 Å². The van der Waals surface area contributed by atoms with Gasteiger partial charge in [0.25, 0.3) is 0 Å². The van der Waals surface area contributed by atoms with Crippen molar-refractivity contribution in [3.8, 4) is 0 Å². The lowest BCUT2D eigenvalue weighted by atomic mass is 10.1. The lowest BCUT2D eigenvalue weighted by Crippen LogP contribution is -2.49. The molecule has 1 saturated heterocycles. The van der Waals surface area contributed by atoms with Crippen molar-refractivity contribution in [1.29, 1.82) is 0 Å². The maximum absolute atomic E-state index is 12.5. The fourth-order valence-corrected chi connectivity index (χ4v) is 3.41. The van der Waals surface area contributed by atoms with Crippen LogP contribution in [-0.2, 0) is 29.2 Å². The molecule has 6 nitrogen and oxygen atoms in total. The van der Waals surface area contributed by atoms with Crippen molar-refractivity contribution in [2.75, 3.05) is 31.1 Å². The van der Waals surface area contributed by atoms with E-state index >= 15 is 0 Å². The second-order valence-corrected chi connectivity index (χ2v) is 6.72. The molecule has 1 fully saturated rings. The van der Waals surface area contributed by atoms with Crippen LogP contribution in [0.3, 0.4) is 0 Å². The first-order valence-electron chi connectivity index (χ1n) is 8.38. The highest BCUT2D eigenvalue weighted by Crippen LogP contribution is 2.27. The molecule has 0 N–H and O–H groups in total. The summed E-state index contributed by atoms with van der Waals surface area (Å²) in [6.07, 6.45) is 2.01. The Morgan fingerprint density at radius 1 is 1.08 bits per heavy atom. The van der Waals surface area contributed by atoms with Gasteiger partial charge in [-0.3, -0.25) is 4.79 Å². The molecule has 2 aromatic rings. The van der Waals surface area contributed by atoms with Crippen LogP contribution in [0.5, 0.6) is 0 Å². The van der Waals surface area contributed by atoms with Gasteiger partial charge in [-0.1, -0.05) is 23.7 Å². The molecule has 1 amide bonds. The van der Waals surface area contributed by atoms with E-state index in [0.29, 0.717) is 37.7 Å². The van der Waals surface area contributed by atoms with Crippen molar-refractivity contribution in [3.63, 3.8) is 0 Å². The van der Waals surface area contributed by atoms with E-state index in [4.69, 9.17) is 16.3 Å². The monoisotopic (exact) mass is 358 g/mol. The van der Waals surface area contributed by atoms with Crippen LogP contribution in [0, 0.1) is 0 Å². The van der Waals surface area contributed by atoms with Crippen LogP contribution >= 0.6 is 11.6 Å². The van der Waals surface area contributed by atoms with Crippen LogP contribution in [-0.4, -0.2) is 47.0 Å². The number of hydrogen-bond acceptors (Lipinski definition) is 5. The van der Waals surface area contributed by atoms with Crippen LogP contribution in [0.1, 0.15) is 16.8 Å². The van der Waals surface area contributed by atoms with Gasteiger partial charge in [0.15, 0.2) is 0 Å². The fourth-order valence-electron chi connectivity index (χ4n) is 3.29. The lowest BCUT2D eigenvalue weighted by molar-refractivity contribution is -0.130. The summed E-state index contributed by atoms with van der Waals surface area (Å²) in [5.74, 6) is 1.10. The van der Waals surface area contributed by atoms with Crippen molar-refractivity contribution >= 4 is 23.3 Å². The Morgan fingerprint density at radius 2 is 1.84 bits per heavy atom. The van der Waals surface area contributed by atoms with Crippen molar-refractivity contribution in [2.45, 2.75) is 19.6 Å². The number of amides is 1. The molecule has 0 aliphatic carbocycles. The minimum Gasteiger partial charge on any atom is -0.370 e. The predicted octanol–water partition coefficient (Wildman–Crippen LogP) is 2.05. The zero-order valence-corrected chi connectivity index (χ0v) is 14.6. The molecule has 4 rings (SSSR count). The van der Waals surface area contributed by atoms with E-state index in [1.807, 2.05) is 29.2 Å². The van der Waals surface area contributed by atoms with E-state index in [-0.39, 0.29) is 5.91 Å². The third-order valence-electron chi connectivity index (χ3n) is 4.70. The lowest BCUT2D eigenvalue weighted by Gasteiger charge is -2.36. The number of benzene rings is 1. The first-order valence-corrected chi connectivity index (χ1v) is 8.76. The number of hydrogen-bond donors (Lipinski definition) is 0. The highest BCUT2D eigenvalue weighted by atomic mass is 35.5. The topological polar surface area (TPSA) is 58.6 Å². The first-order chi connectivity index (χ1) is 12.2. The van der Waals surface area contributed by atoms with Gasteiger partial charge in [0.05, 0.1) is 25.3 Å². The van der Waals surface area contributed by atoms with Gasteiger partial charge in [-0.25, -0.2) is 9.97 Å². The second kappa shape index (κ2) is 6.98. The summed E-state index contributed by atoms with van der Waals surface area (Å²) < 4.78 is 5.48. The highest BCUT2D eigenvalue weighted by molar-refractivity contribution is 6.30. The number of rotatable bonds is 3. The summed E-state index contributed by atoms with van der Waals surface area (Å²) in [5, 5.41) is 0.686. The number of fused-ring (bicyclic) bond motifs is 1. The van der Waals surface area contributed by atoms with E-state index in [2.05, 4.69) is 14.9 Å². The Hall–Kier alpha value is -2.18. The number of aromatic nitrogens is 2. The molecule has 0 atom stereocenters. The molecule has 7 heteroatoms. The summed E-state index contributed by atoms with van der Waals surface area (Å²) in [4.78, 5) is 25.4. The maximum atomic E-state index is 12.5. The molecule has 0 unspecified atom stereocenters. The Bertz CT molecular complexity index is 773. The zero-order chi connectivity index (χ0) is 17.2. The Morgan fingerprint density at radius 3 is 2.60 bits per heavy atom. The molecule has 130 valence electrons. The zero-order valence-electron chi connectivity index (χ0n) is 13.8. The third-order valence-corrected chi connectivity index (χ3v) is 4.95. The van der Waals surface area contributed by atoms with Crippen molar-refractivity contribution in [2.24, 2.45) is 0 Å². The predicted molar refractivity (Wildman–Crippen MR) is 94.5 cm³/mol. The smallest absolute Gasteiger partial charge is 0.227 e. The molecule has 3 heterocycles. The summed E-state index contributed by atoms with van der Waals surface area (Å²) in [6, 6.07) is 7.45. The normalized spacial score (nSPS) is 16.8. The van der Waals surface area contributed by atoms with Crippen LogP contribution in [0.2, 0.25) is 5.02 Å². The molecule has 2 aliphatic rings. The largest absolute Gasteiger partial charge is 0.370 e. The number of ether oxygens (including phenoxy) is 1. The van der Waals surface area contributed by atoms with E-state index in [1.165, 1.54) is 0 Å². The van der Waals surface area contributed by atoms with Gasteiger partial charge in [0, 0.05) is 36.8 Å². The molecular weight excluding hydrogens is 340 g/mol. The summed E-state index contributed by atoms with van der Waals surface area (Å²) in [7, 11) is 0. The molecular formula is C18H19ClN4O2. The first kappa shape index (κ1) is 16.3. The van der Waals surface area contributed by atoms with Crippen LogP contribution in [0.4, 0.5) is 5.82 Å².